The minimum Gasteiger partial charge on any atom is -0.497 e. The first kappa shape index (κ1) is 17.9. The van der Waals surface area contributed by atoms with E-state index in [9.17, 15) is 4.79 Å². The van der Waals surface area contributed by atoms with Gasteiger partial charge in [-0.1, -0.05) is 23.2 Å². The number of ether oxygens (including phenoxy) is 2. The van der Waals surface area contributed by atoms with E-state index in [1.807, 2.05) is 23.1 Å². The zero-order valence-electron chi connectivity index (χ0n) is 14.1. The number of nitrogens with zero attached hydrogens (tertiary/aromatic N) is 1. The molecule has 1 aliphatic rings. The zero-order valence-corrected chi connectivity index (χ0v) is 15.6. The highest BCUT2D eigenvalue weighted by atomic mass is 35.5. The molecule has 4 nitrogen and oxygen atoms in total. The molecule has 0 bridgehead atoms. The zero-order chi connectivity index (χ0) is 18.0. The number of likely N-dealkylation sites (tertiary alicyclic amines) is 1. The van der Waals surface area contributed by atoms with Crippen molar-refractivity contribution in [2.24, 2.45) is 0 Å². The smallest absolute Gasteiger partial charge is 0.255 e. The van der Waals surface area contributed by atoms with E-state index in [0.29, 0.717) is 33.7 Å². The molecule has 1 fully saturated rings. The van der Waals surface area contributed by atoms with Crippen LogP contribution in [0.3, 0.4) is 0 Å². The van der Waals surface area contributed by atoms with Gasteiger partial charge in [0.15, 0.2) is 0 Å². The summed E-state index contributed by atoms with van der Waals surface area (Å²) in [7, 11) is 3.23. The van der Waals surface area contributed by atoms with Crippen LogP contribution < -0.4 is 9.47 Å². The van der Waals surface area contributed by atoms with Crippen LogP contribution in [0, 0.1) is 0 Å². The summed E-state index contributed by atoms with van der Waals surface area (Å²) in [4.78, 5) is 14.9. The van der Waals surface area contributed by atoms with Gasteiger partial charge < -0.3 is 14.4 Å². The van der Waals surface area contributed by atoms with Crippen LogP contribution in [0.25, 0.3) is 0 Å². The molecule has 0 aromatic heterocycles. The quantitative estimate of drug-likeness (QED) is 0.750. The third-order valence-electron chi connectivity index (χ3n) is 4.47. The Kier molecular flexibility index (Phi) is 5.40. The molecule has 1 amide bonds. The van der Waals surface area contributed by atoms with Crippen molar-refractivity contribution in [3.8, 4) is 11.5 Å². The molecule has 0 radical (unpaired) electrons. The van der Waals surface area contributed by atoms with Crippen LogP contribution in [0.5, 0.6) is 11.5 Å². The predicted octanol–water partition coefficient (Wildman–Crippen LogP) is 4.99. The second-order valence-electron chi connectivity index (χ2n) is 5.89. The normalized spacial score (nSPS) is 16.8. The number of methoxy groups -OCH3 is 2. The predicted molar refractivity (Wildman–Crippen MR) is 99.0 cm³/mol. The largest absolute Gasteiger partial charge is 0.497 e. The van der Waals surface area contributed by atoms with Crippen molar-refractivity contribution < 1.29 is 14.3 Å². The molecule has 6 heteroatoms. The highest BCUT2D eigenvalue weighted by Gasteiger charge is 2.33. The van der Waals surface area contributed by atoms with E-state index in [-0.39, 0.29) is 11.9 Å². The van der Waals surface area contributed by atoms with Gasteiger partial charge in [-0.3, -0.25) is 4.79 Å². The Morgan fingerprint density at radius 2 is 1.92 bits per heavy atom. The Bertz CT molecular complexity index is 794. The van der Waals surface area contributed by atoms with Crippen LogP contribution in [0.2, 0.25) is 10.0 Å². The van der Waals surface area contributed by atoms with E-state index < -0.39 is 0 Å². The summed E-state index contributed by atoms with van der Waals surface area (Å²) in [6.45, 7) is 0.668. The maximum Gasteiger partial charge on any atom is 0.255 e. The summed E-state index contributed by atoms with van der Waals surface area (Å²) in [6, 6.07) is 10.5. The second kappa shape index (κ2) is 7.54. The summed E-state index contributed by atoms with van der Waals surface area (Å²) < 4.78 is 10.8. The van der Waals surface area contributed by atoms with Crippen molar-refractivity contribution in [1.29, 1.82) is 0 Å². The molecule has 0 saturated carbocycles. The minimum atomic E-state index is -0.118. The van der Waals surface area contributed by atoms with Crippen LogP contribution in [0.15, 0.2) is 36.4 Å². The standard InChI is InChI=1S/C19H19Cl2NO3/c1-24-13-6-7-14(18(11-13)25-2)17-4-3-9-22(17)19(23)15-10-12(20)5-8-16(15)21/h5-8,10-11,17H,3-4,9H2,1-2H3. The van der Waals surface area contributed by atoms with E-state index in [1.54, 1.807) is 32.4 Å². The SMILES string of the molecule is COc1ccc(C2CCCN2C(=O)c2cc(Cl)ccc2Cl)c(OC)c1. The fourth-order valence-corrected chi connectivity index (χ4v) is 3.61. The summed E-state index contributed by atoms with van der Waals surface area (Å²) in [5.74, 6) is 1.31. The molecule has 2 aromatic rings. The lowest BCUT2D eigenvalue weighted by molar-refractivity contribution is 0.0734. The molecular weight excluding hydrogens is 361 g/mol. The molecular formula is C19H19Cl2NO3. The molecule has 1 heterocycles. The summed E-state index contributed by atoms with van der Waals surface area (Å²) in [6.07, 6.45) is 1.79. The van der Waals surface area contributed by atoms with Crippen molar-refractivity contribution >= 4 is 29.1 Å². The first-order chi connectivity index (χ1) is 12.0. The third-order valence-corrected chi connectivity index (χ3v) is 5.04. The molecule has 25 heavy (non-hydrogen) atoms. The van der Waals surface area contributed by atoms with Crippen molar-refractivity contribution in [2.75, 3.05) is 20.8 Å². The number of amides is 1. The summed E-state index contributed by atoms with van der Waals surface area (Å²) in [5, 5.41) is 0.896. The van der Waals surface area contributed by atoms with Crippen LogP contribution in [0.4, 0.5) is 0 Å². The average Bonchev–Trinajstić information content (AvgIpc) is 3.12. The van der Waals surface area contributed by atoms with E-state index in [4.69, 9.17) is 32.7 Å². The number of rotatable bonds is 4. The van der Waals surface area contributed by atoms with Gasteiger partial charge in [0.1, 0.15) is 11.5 Å². The Labute approximate surface area is 157 Å². The van der Waals surface area contributed by atoms with E-state index in [2.05, 4.69) is 0 Å². The maximum atomic E-state index is 13.0. The van der Waals surface area contributed by atoms with Crippen LogP contribution >= 0.6 is 23.2 Å². The van der Waals surface area contributed by atoms with Gasteiger partial charge in [-0.2, -0.15) is 0 Å². The maximum absolute atomic E-state index is 13.0. The van der Waals surface area contributed by atoms with Crippen molar-refractivity contribution in [3.05, 3.63) is 57.6 Å². The third kappa shape index (κ3) is 3.55. The summed E-state index contributed by atoms with van der Waals surface area (Å²) >= 11 is 12.3. The molecule has 0 N–H and O–H groups in total. The van der Waals surface area contributed by atoms with Gasteiger partial charge in [0, 0.05) is 23.2 Å². The van der Waals surface area contributed by atoms with Crippen molar-refractivity contribution in [2.45, 2.75) is 18.9 Å². The average molecular weight is 380 g/mol. The van der Waals surface area contributed by atoms with E-state index in [1.165, 1.54) is 0 Å². The lowest BCUT2D eigenvalue weighted by atomic mass is 10.0. The molecule has 2 aromatic carbocycles. The first-order valence-electron chi connectivity index (χ1n) is 8.03. The second-order valence-corrected chi connectivity index (χ2v) is 6.73. The molecule has 1 unspecified atom stereocenters. The van der Waals surface area contributed by atoms with Crippen molar-refractivity contribution in [3.63, 3.8) is 0 Å². The number of carbonyl (C=O) groups is 1. The van der Waals surface area contributed by atoms with Gasteiger partial charge in [0.2, 0.25) is 0 Å². The minimum absolute atomic E-state index is 0.0663. The van der Waals surface area contributed by atoms with Gasteiger partial charge in [-0.25, -0.2) is 0 Å². The molecule has 1 saturated heterocycles. The molecule has 1 aliphatic heterocycles. The topological polar surface area (TPSA) is 38.8 Å². The van der Waals surface area contributed by atoms with Gasteiger partial charge >= 0.3 is 0 Å². The monoisotopic (exact) mass is 379 g/mol. The highest BCUT2D eigenvalue weighted by Crippen LogP contribution is 2.40. The van der Waals surface area contributed by atoms with E-state index in [0.717, 1.165) is 18.4 Å². The lowest BCUT2D eigenvalue weighted by Gasteiger charge is -2.27. The van der Waals surface area contributed by atoms with E-state index >= 15 is 0 Å². The van der Waals surface area contributed by atoms with Gasteiger partial charge in [0.25, 0.3) is 5.91 Å². The molecule has 1 atom stereocenters. The molecule has 132 valence electrons. The number of hydrogen-bond acceptors (Lipinski definition) is 3. The fraction of sp³-hybridized carbons (Fsp3) is 0.316. The van der Waals surface area contributed by atoms with Crippen LogP contribution in [-0.4, -0.2) is 31.6 Å². The Balaban J connectivity index is 1.95. The Hall–Kier alpha value is -1.91. The lowest BCUT2D eigenvalue weighted by Crippen LogP contribution is -2.31. The fourth-order valence-electron chi connectivity index (χ4n) is 3.24. The number of carbonyl (C=O) groups excluding carboxylic acids is 1. The number of benzene rings is 2. The molecule has 3 rings (SSSR count). The number of halogens is 2. The number of hydrogen-bond donors (Lipinski definition) is 0. The van der Waals surface area contributed by atoms with Crippen LogP contribution in [-0.2, 0) is 0 Å². The van der Waals surface area contributed by atoms with Crippen molar-refractivity contribution in [1.82, 2.24) is 4.90 Å². The summed E-state index contributed by atoms with van der Waals surface area (Å²) in [5.41, 5.74) is 1.39. The van der Waals surface area contributed by atoms with Crippen LogP contribution in [0.1, 0.15) is 34.8 Å². The van der Waals surface area contributed by atoms with Gasteiger partial charge in [-0.05, 0) is 43.2 Å². The van der Waals surface area contributed by atoms with Gasteiger partial charge in [0.05, 0.1) is 30.8 Å². The Morgan fingerprint density at radius 1 is 1.12 bits per heavy atom. The molecule has 0 spiro atoms. The Morgan fingerprint density at radius 3 is 2.64 bits per heavy atom. The first-order valence-corrected chi connectivity index (χ1v) is 8.78. The molecule has 0 aliphatic carbocycles. The van der Waals surface area contributed by atoms with Gasteiger partial charge in [-0.15, -0.1) is 0 Å². The highest BCUT2D eigenvalue weighted by molar-refractivity contribution is 6.35.